The van der Waals surface area contributed by atoms with Crippen molar-refractivity contribution in [1.82, 2.24) is 9.78 Å². The summed E-state index contributed by atoms with van der Waals surface area (Å²) in [6, 6.07) is 5.51. The Morgan fingerprint density at radius 3 is 2.67 bits per heavy atom. The van der Waals surface area contributed by atoms with Crippen LogP contribution in [0.5, 0.6) is 11.5 Å². The maximum absolute atomic E-state index is 11.0. The van der Waals surface area contributed by atoms with Crippen LogP contribution in [0.2, 0.25) is 0 Å². The van der Waals surface area contributed by atoms with E-state index in [0.717, 1.165) is 21.2 Å². The van der Waals surface area contributed by atoms with Gasteiger partial charge >= 0.3 is 0 Å². The van der Waals surface area contributed by atoms with Gasteiger partial charge in [0.25, 0.3) is 0 Å². The third-order valence-corrected chi connectivity index (χ3v) is 3.42. The molecule has 0 N–H and O–H groups in total. The van der Waals surface area contributed by atoms with E-state index < -0.39 is 0 Å². The molecule has 2 rings (SSSR count). The van der Waals surface area contributed by atoms with Gasteiger partial charge in [0.05, 0.1) is 11.3 Å². The number of hydrogen-bond acceptors (Lipinski definition) is 3. The SMILES string of the molecule is Cc1nn(C)c(C)c1Oc1ccc(I)cc1C=O. The van der Waals surface area contributed by atoms with Gasteiger partial charge in [0.1, 0.15) is 11.4 Å². The first kappa shape index (κ1) is 13.1. The molecule has 0 amide bonds. The lowest BCUT2D eigenvalue weighted by Gasteiger charge is -2.08. The van der Waals surface area contributed by atoms with Gasteiger partial charge in [0.15, 0.2) is 12.0 Å². The standard InChI is InChI=1S/C13H13IN2O2/c1-8-13(9(2)16(3)15-8)18-12-5-4-11(14)6-10(12)7-17/h4-7H,1-3H3. The van der Waals surface area contributed by atoms with E-state index in [4.69, 9.17) is 4.74 Å². The average Bonchev–Trinajstić information content (AvgIpc) is 2.58. The van der Waals surface area contributed by atoms with Gasteiger partial charge in [0.2, 0.25) is 0 Å². The van der Waals surface area contributed by atoms with Gasteiger partial charge < -0.3 is 4.74 Å². The molecule has 4 nitrogen and oxygen atoms in total. The molecule has 1 aromatic carbocycles. The van der Waals surface area contributed by atoms with E-state index in [1.54, 1.807) is 16.8 Å². The summed E-state index contributed by atoms with van der Waals surface area (Å²) in [6.45, 7) is 3.82. The molecule has 0 atom stereocenters. The fourth-order valence-electron chi connectivity index (χ4n) is 1.72. The minimum Gasteiger partial charge on any atom is -0.453 e. The lowest BCUT2D eigenvalue weighted by Crippen LogP contribution is -1.95. The van der Waals surface area contributed by atoms with Crippen molar-refractivity contribution in [2.75, 3.05) is 0 Å². The molecule has 0 fully saturated rings. The highest BCUT2D eigenvalue weighted by molar-refractivity contribution is 14.1. The van der Waals surface area contributed by atoms with Crippen LogP contribution >= 0.6 is 22.6 Å². The van der Waals surface area contributed by atoms with E-state index in [1.165, 1.54) is 0 Å². The van der Waals surface area contributed by atoms with Gasteiger partial charge in [-0.25, -0.2) is 0 Å². The van der Waals surface area contributed by atoms with Gasteiger partial charge in [0, 0.05) is 10.6 Å². The van der Waals surface area contributed by atoms with Crippen molar-refractivity contribution in [3.05, 3.63) is 38.7 Å². The van der Waals surface area contributed by atoms with E-state index in [0.29, 0.717) is 17.1 Å². The highest BCUT2D eigenvalue weighted by Crippen LogP contribution is 2.30. The Morgan fingerprint density at radius 1 is 1.39 bits per heavy atom. The molecule has 0 saturated carbocycles. The molecule has 0 aliphatic carbocycles. The number of benzene rings is 1. The fraction of sp³-hybridized carbons (Fsp3) is 0.231. The Bertz CT molecular complexity index is 605. The lowest BCUT2D eigenvalue weighted by molar-refractivity contribution is 0.112. The summed E-state index contributed by atoms with van der Waals surface area (Å²) in [7, 11) is 1.86. The topological polar surface area (TPSA) is 44.1 Å². The van der Waals surface area contributed by atoms with Crippen LogP contribution in [0.3, 0.4) is 0 Å². The molecule has 0 aliphatic rings. The summed E-state index contributed by atoms with van der Waals surface area (Å²) in [6.07, 6.45) is 0.804. The quantitative estimate of drug-likeness (QED) is 0.627. The number of aldehydes is 1. The van der Waals surface area contributed by atoms with Crippen LogP contribution in [-0.2, 0) is 7.05 Å². The Hall–Kier alpha value is -1.37. The molecule has 0 spiro atoms. The van der Waals surface area contributed by atoms with Crippen molar-refractivity contribution in [2.24, 2.45) is 7.05 Å². The predicted molar refractivity (Wildman–Crippen MR) is 77.3 cm³/mol. The Kier molecular flexibility index (Phi) is 3.70. The monoisotopic (exact) mass is 356 g/mol. The van der Waals surface area contributed by atoms with Crippen LogP contribution < -0.4 is 4.74 Å². The van der Waals surface area contributed by atoms with Crippen LogP contribution in [0, 0.1) is 17.4 Å². The maximum atomic E-state index is 11.0. The van der Waals surface area contributed by atoms with E-state index in [2.05, 4.69) is 27.7 Å². The number of carbonyl (C=O) groups is 1. The molecule has 0 radical (unpaired) electrons. The lowest BCUT2D eigenvalue weighted by atomic mass is 10.2. The molecule has 0 aliphatic heterocycles. The van der Waals surface area contributed by atoms with Gasteiger partial charge in [-0.05, 0) is 54.6 Å². The van der Waals surface area contributed by atoms with Gasteiger partial charge in [-0.15, -0.1) is 0 Å². The molecule has 1 aromatic heterocycles. The van der Waals surface area contributed by atoms with E-state index in [1.807, 2.05) is 27.0 Å². The first-order valence-electron chi connectivity index (χ1n) is 5.45. The summed E-state index contributed by atoms with van der Waals surface area (Å²) in [5.74, 6) is 1.27. The van der Waals surface area contributed by atoms with Crippen LogP contribution in [0.15, 0.2) is 18.2 Å². The summed E-state index contributed by atoms with van der Waals surface area (Å²) < 4.78 is 8.58. The normalized spacial score (nSPS) is 10.4. The first-order valence-corrected chi connectivity index (χ1v) is 6.53. The molecule has 18 heavy (non-hydrogen) atoms. The Balaban J connectivity index is 2.42. The van der Waals surface area contributed by atoms with Crippen molar-refractivity contribution < 1.29 is 9.53 Å². The molecule has 94 valence electrons. The van der Waals surface area contributed by atoms with Crippen LogP contribution in [0.1, 0.15) is 21.7 Å². The molecular formula is C13H13IN2O2. The van der Waals surface area contributed by atoms with Gasteiger partial charge in [-0.2, -0.15) is 5.10 Å². The zero-order chi connectivity index (χ0) is 13.3. The second-order valence-corrected chi connectivity index (χ2v) is 5.27. The van der Waals surface area contributed by atoms with Crippen molar-refractivity contribution in [3.63, 3.8) is 0 Å². The summed E-state index contributed by atoms with van der Waals surface area (Å²) in [5.41, 5.74) is 2.29. The van der Waals surface area contributed by atoms with Crippen molar-refractivity contribution in [1.29, 1.82) is 0 Å². The molecule has 1 heterocycles. The third-order valence-electron chi connectivity index (χ3n) is 2.75. The van der Waals surface area contributed by atoms with Crippen molar-refractivity contribution in [2.45, 2.75) is 13.8 Å². The zero-order valence-electron chi connectivity index (χ0n) is 10.4. The highest BCUT2D eigenvalue weighted by Gasteiger charge is 2.13. The number of nitrogens with zero attached hydrogens (tertiary/aromatic N) is 2. The summed E-state index contributed by atoms with van der Waals surface area (Å²) in [5, 5.41) is 4.28. The van der Waals surface area contributed by atoms with E-state index >= 15 is 0 Å². The summed E-state index contributed by atoms with van der Waals surface area (Å²) in [4.78, 5) is 11.0. The molecule has 0 saturated heterocycles. The number of hydrogen-bond donors (Lipinski definition) is 0. The minimum atomic E-state index is 0.546. The number of aryl methyl sites for hydroxylation is 2. The van der Waals surface area contributed by atoms with Crippen LogP contribution in [0.4, 0.5) is 0 Å². The highest BCUT2D eigenvalue weighted by atomic mass is 127. The molecule has 0 bridgehead atoms. The van der Waals surface area contributed by atoms with E-state index in [-0.39, 0.29) is 0 Å². The zero-order valence-corrected chi connectivity index (χ0v) is 12.6. The fourth-order valence-corrected chi connectivity index (χ4v) is 2.23. The number of rotatable bonds is 3. The van der Waals surface area contributed by atoms with Gasteiger partial charge in [-0.3, -0.25) is 9.48 Å². The Labute approximate surface area is 119 Å². The molecule has 5 heteroatoms. The number of carbonyl (C=O) groups excluding carboxylic acids is 1. The second-order valence-electron chi connectivity index (χ2n) is 4.03. The number of aromatic nitrogens is 2. The van der Waals surface area contributed by atoms with Crippen LogP contribution in [0.25, 0.3) is 0 Å². The van der Waals surface area contributed by atoms with Crippen molar-refractivity contribution >= 4 is 28.9 Å². The smallest absolute Gasteiger partial charge is 0.171 e. The average molecular weight is 356 g/mol. The Morgan fingerprint density at radius 2 is 2.11 bits per heavy atom. The largest absolute Gasteiger partial charge is 0.453 e. The number of ether oxygens (including phenoxy) is 1. The summed E-state index contributed by atoms with van der Waals surface area (Å²) >= 11 is 2.16. The van der Waals surface area contributed by atoms with Gasteiger partial charge in [-0.1, -0.05) is 0 Å². The molecule has 0 unspecified atom stereocenters. The minimum absolute atomic E-state index is 0.546. The molecular weight excluding hydrogens is 343 g/mol. The van der Waals surface area contributed by atoms with E-state index in [9.17, 15) is 4.79 Å². The predicted octanol–water partition coefficient (Wildman–Crippen LogP) is 3.25. The maximum Gasteiger partial charge on any atom is 0.171 e. The van der Waals surface area contributed by atoms with Crippen LogP contribution in [-0.4, -0.2) is 16.1 Å². The van der Waals surface area contributed by atoms with Crippen molar-refractivity contribution in [3.8, 4) is 11.5 Å². The second kappa shape index (κ2) is 5.09. The number of halogens is 1. The molecule has 2 aromatic rings. The third kappa shape index (κ3) is 2.40. The first-order chi connectivity index (χ1) is 8.52.